The lowest BCUT2D eigenvalue weighted by molar-refractivity contribution is 0.486. The normalized spacial score (nSPS) is 15.3. The first kappa shape index (κ1) is 16.1. The average Bonchev–Trinajstić information content (AvgIpc) is 1.96. The average molecular weight is 292 g/mol. The Morgan fingerprint density at radius 3 is 2.00 bits per heavy atom. The molecule has 0 aliphatic heterocycles. The summed E-state index contributed by atoms with van der Waals surface area (Å²) < 4.78 is 47.0. The Balaban J connectivity index is 4.56. The highest BCUT2D eigenvalue weighted by Crippen LogP contribution is 2.08. The molecule has 0 aromatic heterocycles. The molecule has 0 amide bonds. The lowest BCUT2D eigenvalue weighted by atomic mass is 10.1. The van der Waals surface area contributed by atoms with Gasteiger partial charge in [-0.05, 0) is 12.3 Å². The van der Waals surface area contributed by atoms with Gasteiger partial charge in [0.15, 0.2) is 14.9 Å². The fourth-order valence-electron chi connectivity index (χ4n) is 1.28. The van der Waals surface area contributed by atoms with Gasteiger partial charge in [-0.15, -0.1) is 11.6 Å². The SMILES string of the molecule is CC(C)CC(CCl)NS(=O)(=O)CS(C)(=O)=O. The number of halogens is 1. The molecule has 8 heteroatoms. The first-order valence-corrected chi connectivity index (χ1v) is 9.04. The zero-order valence-corrected chi connectivity index (χ0v) is 12.0. The van der Waals surface area contributed by atoms with Crippen molar-refractivity contribution in [2.24, 2.45) is 5.92 Å². The molecule has 0 aliphatic rings. The fraction of sp³-hybridized carbons (Fsp3) is 1.00. The maximum absolute atomic E-state index is 11.4. The molecule has 0 bridgehead atoms. The van der Waals surface area contributed by atoms with E-state index in [0.29, 0.717) is 6.42 Å². The third kappa shape index (κ3) is 8.32. The number of hydrogen-bond donors (Lipinski definition) is 1. The third-order valence-electron chi connectivity index (χ3n) is 1.66. The van der Waals surface area contributed by atoms with Gasteiger partial charge in [-0.2, -0.15) is 0 Å². The van der Waals surface area contributed by atoms with E-state index in [4.69, 9.17) is 11.6 Å². The summed E-state index contributed by atoms with van der Waals surface area (Å²) in [5.74, 6) is 0.408. The predicted molar refractivity (Wildman–Crippen MR) is 65.7 cm³/mol. The van der Waals surface area contributed by atoms with E-state index in [0.717, 1.165) is 6.26 Å². The van der Waals surface area contributed by atoms with Crippen LogP contribution in [0.25, 0.3) is 0 Å². The van der Waals surface area contributed by atoms with Crippen LogP contribution in [0.15, 0.2) is 0 Å². The Kier molecular flexibility index (Phi) is 6.24. The van der Waals surface area contributed by atoms with Gasteiger partial charge in [-0.25, -0.2) is 21.6 Å². The lowest BCUT2D eigenvalue weighted by Gasteiger charge is -2.17. The minimum Gasteiger partial charge on any atom is -0.228 e. The highest BCUT2D eigenvalue weighted by atomic mass is 35.5. The Labute approximate surface area is 103 Å². The molecule has 0 saturated carbocycles. The van der Waals surface area contributed by atoms with Crippen LogP contribution >= 0.6 is 11.6 Å². The molecule has 0 fully saturated rings. The summed E-state index contributed by atoms with van der Waals surface area (Å²) in [5.41, 5.74) is 0. The molecule has 1 unspecified atom stereocenters. The maximum atomic E-state index is 11.4. The molecule has 0 aromatic rings. The molecule has 1 N–H and O–H groups in total. The standard InChI is InChI=1S/C8H18ClNO4S2/c1-7(2)4-8(5-9)10-16(13,14)6-15(3,11)12/h7-8,10H,4-6H2,1-3H3. The van der Waals surface area contributed by atoms with Crippen molar-refractivity contribution in [2.45, 2.75) is 26.3 Å². The Morgan fingerprint density at radius 2 is 1.69 bits per heavy atom. The van der Waals surface area contributed by atoms with Crippen LogP contribution in [0.3, 0.4) is 0 Å². The molecule has 0 radical (unpaired) electrons. The molecular formula is C8H18ClNO4S2. The van der Waals surface area contributed by atoms with Crippen molar-refractivity contribution in [1.82, 2.24) is 4.72 Å². The molecule has 1 atom stereocenters. The van der Waals surface area contributed by atoms with Crippen molar-refractivity contribution in [3.05, 3.63) is 0 Å². The van der Waals surface area contributed by atoms with Gasteiger partial charge < -0.3 is 0 Å². The van der Waals surface area contributed by atoms with Gasteiger partial charge >= 0.3 is 0 Å². The van der Waals surface area contributed by atoms with Gasteiger partial charge in [0.1, 0.15) is 0 Å². The van der Waals surface area contributed by atoms with Crippen molar-refractivity contribution in [1.29, 1.82) is 0 Å². The number of hydrogen-bond acceptors (Lipinski definition) is 4. The number of sulfone groups is 1. The zero-order valence-electron chi connectivity index (χ0n) is 9.60. The smallest absolute Gasteiger partial charge is 0.226 e. The molecule has 98 valence electrons. The Bertz CT molecular complexity index is 402. The summed E-state index contributed by atoms with van der Waals surface area (Å²) in [4.78, 5) is 0. The van der Waals surface area contributed by atoms with Crippen molar-refractivity contribution in [3.63, 3.8) is 0 Å². The molecule has 16 heavy (non-hydrogen) atoms. The van der Waals surface area contributed by atoms with Crippen molar-refractivity contribution in [2.75, 3.05) is 17.2 Å². The third-order valence-corrected chi connectivity index (χ3v) is 5.68. The minimum atomic E-state index is -3.82. The van der Waals surface area contributed by atoms with Crippen LogP contribution in [0.4, 0.5) is 0 Å². The first-order chi connectivity index (χ1) is 7.06. The molecule has 0 aromatic carbocycles. The Morgan fingerprint density at radius 1 is 1.19 bits per heavy atom. The summed E-state index contributed by atoms with van der Waals surface area (Å²) in [7, 11) is -7.38. The second kappa shape index (κ2) is 6.18. The summed E-state index contributed by atoms with van der Waals surface area (Å²) in [6.07, 6.45) is 1.46. The minimum absolute atomic E-state index is 0.126. The lowest BCUT2D eigenvalue weighted by Crippen LogP contribution is -2.39. The number of sulfonamides is 1. The van der Waals surface area contributed by atoms with Crippen LogP contribution < -0.4 is 4.72 Å². The van der Waals surface area contributed by atoms with E-state index in [1.165, 1.54) is 0 Å². The van der Waals surface area contributed by atoms with E-state index < -0.39 is 31.0 Å². The highest BCUT2D eigenvalue weighted by molar-refractivity contribution is 8.06. The van der Waals surface area contributed by atoms with E-state index in [2.05, 4.69) is 4.72 Å². The van der Waals surface area contributed by atoms with E-state index >= 15 is 0 Å². The van der Waals surface area contributed by atoms with Gasteiger partial charge in [0.2, 0.25) is 10.0 Å². The molecule has 0 rings (SSSR count). The first-order valence-electron chi connectivity index (χ1n) is 4.79. The van der Waals surface area contributed by atoms with Crippen LogP contribution in [-0.2, 0) is 19.9 Å². The second-order valence-corrected chi connectivity index (χ2v) is 8.83. The number of nitrogens with one attached hydrogen (secondary N) is 1. The van der Waals surface area contributed by atoms with E-state index in [1.54, 1.807) is 0 Å². The summed E-state index contributed by atoms with van der Waals surface area (Å²) >= 11 is 5.61. The van der Waals surface area contributed by atoms with Crippen molar-refractivity contribution < 1.29 is 16.8 Å². The summed E-state index contributed by atoms with van der Waals surface area (Å²) in [6.45, 7) is 3.87. The fourth-order valence-corrected chi connectivity index (χ4v) is 4.79. The highest BCUT2D eigenvalue weighted by Gasteiger charge is 2.22. The zero-order chi connectivity index (χ0) is 13.0. The Hall–Kier alpha value is 0.150. The van der Waals surface area contributed by atoms with E-state index in [-0.39, 0.29) is 11.8 Å². The van der Waals surface area contributed by atoms with E-state index in [9.17, 15) is 16.8 Å². The van der Waals surface area contributed by atoms with Gasteiger partial charge in [-0.3, -0.25) is 0 Å². The van der Waals surface area contributed by atoms with Gasteiger partial charge in [0.25, 0.3) is 0 Å². The second-order valence-electron chi connectivity index (χ2n) is 4.26. The molecule has 5 nitrogen and oxygen atoms in total. The number of alkyl halides is 1. The van der Waals surface area contributed by atoms with Crippen LogP contribution in [0, 0.1) is 5.92 Å². The molecule has 0 spiro atoms. The quantitative estimate of drug-likeness (QED) is 0.695. The molecule has 0 aliphatic carbocycles. The van der Waals surface area contributed by atoms with Crippen LogP contribution in [0.2, 0.25) is 0 Å². The summed E-state index contributed by atoms with van der Waals surface area (Å²) in [5, 5.41) is -0.897. The number of rotatable bonds is 7. The monoisotopic (exact) mass is 291 g/mol. The van der Waals surface area contributed by atoms with Gasteiger partial charge in [-0.1, -0.05) is 13.8 Å². The van der Waals surface area contributed by atoms with Gasteiger partial charge in [0.05, 0.1) is 0 Å². The van der Waals surface area contributed by atoms with Crippen LogP contribution in [0.5, 0.6) is 0 Å². The van der Waals surface area contributed by atoms with Crippen molar-refractivity contribution >= 4 is 31.5 Å². The maximum Gasteiger partial charge on any atom is 0.226 e. The largest absolute Gasteiger partial charge is 0.228 e. The predicted octanol–water partition coefficient (Wildman–Crippen LogP) is 0.561. The summed E-state index contributed by atoms with van der Waals surface area (Å²) in [6, 6.07) is -0.423. The van der Waals surface area contributed by atoms with Crippen LogP contribution in [0.1, 0.15) is 20.3 Å². The van der Waals surface area contributed by atoms with Gasteiger partial charge in [0, 0.05) is 18.2 Å². The van der Waals surface area contributed by atoms with E-state index in [1.807, 2.05) is 13.8 Å². The molecular weight excluding hydrogens is 274 g/mol. The topological polar surface area (TPSA) is 80.3 Å². The molecule has 0 saturated heterocycles. The molecule has 0 heterocycles. The van der Waals surface area contributed by atoms with Crippen LogP contribution in [-0.4, -0.2) is 40.1 Å². The van der Waals surface area contributed by atoms with Crippen molar-refractivity contribution in [3.8, 4) is 0 Å².